The zero-order valence-corrected chi connectivity index (χ0v) is 18.8. The molecular formula is C25H25ClN6. The van der Waals surface area contributed by atoms with Crippen LogP contribution in [0, 0.1) is 12.3 Å². The lowest BCUT2D eigenvalue weighted by molar-refractivity contribution is 0.187. The summed E-state index contributed by atoms with van der Waals surface area (Å²) in [6.07, 6.45) is 10.6. The number of hydrogen-bond donors (Lipinski definition) is 1. The van der Waals surface area contributed by atoms with Crippen molar-refractivity contribution < 1.29 is 0 Å². The maximum absolute atomic E-state index is 6.72. The third-order valence-corrected chi connectivity index (χ3v) is 7.87. The molecule has 3 aromatic heterocycles. The zero-order chi connectivity index (χ0) is 21.9. The van der Waals surface area contributed by atoms with E-state index in [4.69, 9.17) is 27.3 Å². The standard InChI is InChI=1S/C25H25ClN6/c1-16-4-2-5-18(21(16)26)23-30-15-20-24(29-10-13-32(20)23)31-11-7-25(8-12-31)14-19-17(22(25)27)6-3-9-28-19/h2-6,9-10,13,15,22H,7-8,11-12,14,27H2,1H3/t22-/m1/s1. The first-order chi connectivity index (χ1) is 15.6. The van der Waals surface area contributed by atoms with E-state index in [0.717, 1.165) is 65.7 Å². The monoisotopic (exact) mass is 444 g/mol. The number of rotatable bonds is 2. The van der Waals surface area contributed by atoms with Gasteiger partial charge >= 0.3 is 0 Å². The van der Waals surface area contributed by atoms with E-state index in [1.165, 1.54) is 11.3 Å². The molecule has 0 amide bonds. The summed E-state index contributed by atoms with van der Waals surface area (Å²) in [7, 11) is 0. The molecular weight excluding hydrogens is 420 g/mol. The first-order valence-corrected chi connectivity index (χ1v) is 11.5. The topological polar surface area (TPSA) is 72.3 Å². The minimum atomic E-state index is 0.0575. The second-order valence-corrected chi connectivity index (χ2v) is 9.45. The Kier molecular flexibility index (Phi) is 4.49. The lowest BCUT2D eigenvalue weighted by atomic mass is 9.73. The van der Waals surface area contributed by atoms with E-state index in [-0.39, 0.29) is 11.5 Å². The Balaban J connectivity index is 1.31. The third kappa shape index (κ3) is 2.86. The molecule has 1 fully saturated rings. The van der Waals surface area contributed by atoms with Crippen LogP contribution in [-0.4, -0.2) is 32.4 Å². The van der Waals surface area contributed by atoms with Gasteiger partial charge in [0.2, 0.25) is 0 Å². The van der Waals surface area contributed by atoms with Gasteiger partial charge in [-0.15, -0.1) is 0 Å². The molecule has 1 aromatic carbocycles. The minimum absolute atomic E-state index is 0.0575. The summed E-state index contributed by atoms with van der Waals surface area (Å²) in [4.78, 5) is 16.4. The zero-order valence-electron chi connectivity index (χ0n) is 18.0. The molecule has 4 heterocycles. The number of halogens is 1. The van der Waals surface area contributed by atoms with Crippen molar-refractivity contribution >= 4 is 22.9 Å². The van der Waals surface area contributed by atoms with Crippen LogP contribution in [0.1, 0.15) is 35.7 Å². The highest BCUT2D eigenvalue weighted by atomic mass is 35.5. The molecule has 4 aromatic rings. The quantitative estimate of drug-likeness (QED) is 0.489. The molecule has 32 heavy (non-hydrogen) atoms. The van der Waals surface area contributed by atoms with Gasteiger partial charge in [0.15, 0.2) is 5.82 Å². The Morgan fingerprint density at radius 2 is 1.91 bits per heavy atom. The first-order valence-electron chi connectivity index (χ1n) is 11.1. The number of imidazole rings is 1. The fraction of sp³-hybridized carbons (Fsp3) is 0.320. The molecule has 0 bridgehead atoms. The van der Waals surface area contributed by atoms with Crippen LogP contribution in [0.4, 0.5) is 5.82 Å². The molecule has 1 saturated heterocycles. The van der Waals surface area contributed by atoms with Gasteiger partial charge in [0, 0.05) is 49.0 Å². The van der Waals surface area contributed by atoms with Crippen molar-refractivity contribution in [3.63, 3.8) is 0 Å². The highest BCUT2D eigenvalue weighted by Gasteiger charge is 2.46. The predicted octanol–water partition coefficient (Wildman–Crippen LogP) is 4.60. The van der Waals surface area contributed by atoms with Crippen molar-refractivity contribution in [1.82, 2.24) is 19.4 Å². The van der Waals surface area contributed by atoms with Gasteiger partial charge in [-0.05, 0) is 54.9 Å². The molecule has 1 spiro atoms. The van der Waals surface area contributed by atoms with Crippen LogP contribution >= 0.6 is 11.6 Å². The second kappa shape index (κ2) is 7.29. The van der Waals surface area contributed by atoms with E-state index in [1.54, 1.807) is 0 Å². The van der Waals surface area contributed by atoms with Crippen molar-refractivity contribution in [3.8, 4) is 11.4 Å². The van der Waals surface area contributed by atoms with Crippen molar-refractivity contribution in [2.75, 3.05) is 18.0 Å². The van der Waals surface area contributed by atoms with Crippen LogP contribution in [0.25, 0.3) is 16.9 Å². The van der Waals surface area contributed by atoms with Crippen LogP contribution in [0.2, 0.25) is 5.02 Å². The number of aryl methyl sites for hydroxylation is 1. The van der Waals surface area contributed by atoms with Gasteiger partial charge in [0.1, 0.15) is 11.3 Å². The van der Waals surface area contributed by atoms with Gasteiger partial charge in [-0.1, -0.05) is 29.8 Å². The Hall–Kier alpha value is -2.96. The van der Waals surface area contributed by atoms with Crippen molar-refractivity contribution in [1.29, 1.82) is 0 Å². The summed E-state index contributed by atoms with van der Waals surface area (Å²) in [6.45, 7) is 3.85. The van der Waals surface area contributed by atoms with Crippen LogP contribution < -0.4 is 10.6 Å². The number of piperidine rings is 1. The van der Waals surface area contributed by atoms with Crippen molar-refractivity contribution in [2.45, 2.75) is 32.2 Å². The largest absolute Gasteiger partial charge is 0.355 e. The fourth-order valence-corrected chi connectivity index (χ4v) is 5.69. The SMILES string of the molecule is Cc1cccc(-c2ncc3c(N4CCC5(CC4)Cc4ncccc4[C@H]5N)nccn23)c1Cl. The Bertz CT molecular complexity index is 1320. The van der Waals surface area contributed by atoms with E-state index in [1.807, 2.05) is 56.0 Å². The number of anilines is 1. The molecule has 0 unspecified atom stereocenters. The van der Waals surface area contributed by atoms with Gasteiger partial charge in [0.05, 0.1) is 11.2 Å². The average molecular weight is 445 g/mol. The highest BCUT2D eigenvalue weighted by molar-refractivity contribution is 6.34. The summed E-state index contributed by atoms with van der Waals surface area (Å²) in [6, 6.07) is 10.2. The van der Waals surface area contributed by atoms with E-state index in [9.17, 15) is 0 Å². The summed E-state index contributed by atoms with van der Waals surface area (Å²) < 4.78 is 2.09. The van der Waals surface area contributed by atoms with E-state index in [2.05, 4.69) is 20.4 Å². The van der Waals surface area contributed by atoms with Crippen molar-refractivity contribution in [2.24, 2.45) is 11.1 Å². The number of hydrogen-bond acceptors (Lipinski definition) is 5. The van der Waals surface area contributed by atoms with Gasteiger partial charge in [0.25, 0.3) is 0 Å². The molecule has 2 N–H and O–H groups in total. The maximum atomic E-state index is 6.72. The molecule has 1 aliphatic heterocycles. The lowest BCUT2D eigenvalue weighted by Gasteiger charge is -2.42. The Morgan fingerprint density at radius 1 is 1.06 bits per heavy atom. The molecule has 2 aliphatic rings. The average Bonchev–Trinajstić information content (AvgIpc) is 3.36. The van der Waals surface area contributed by atoms with Gasteiger partial charge in [-0.3, -0.25) is 9.38 Å². The molecule has 0 radical (unpaired) electrons. The summed E-state index contributed by atoms with van der Waals surface area (Å²) in [5, 5.41) is 0.738. The Labute approximate surface area is 192 Å². The van der Waals surface area contributed by atoms with Crippen LogP contribution in [0.3, 0.4) is 0 Å². The fourth-order valence-electron chi connectivity index (χ4n) is 5.48. The number of benzene rings is 1. The number of nitrogens with two attached hydrogens (primary N) is 1. The van der Waals surface area contributed by atoms with Crippen LogP contribution in [-0.2, 0) is 6.42 Å². The molecule has 162 valence electrons. The molecule has 7 heteroatoms. The summed E-state index contributed by atoms with van der Waals surface area (Å²) in [5.74, 6) is 1.80. The van der Waals surface area contributed by atoms with E-state index >= 15 is 0 Å². The smallest absolute Gasteiger partial charge is 0.154 e. The number of fused-ring (bicyclic) bond motifs is 2. The van der Waals surface area contributed by atoms with Gasteiger partial charge in [-0.2, -0.15) is 0 Å². The molecule has 6 rings (SSSR count). The first kappa shape index (κ1) is 19.7. The summed E-state index contributed by atoms with van der Waals surface area (Å²) in [5.41, 5.74) is 12.2. The molecule has 6 nitrogen and oxygen atoms in total. The van der Waals surface area contributed by atoms with Crippen LogP contribution in [0.5, 0.6) is 0 Å². The number of nitrogens with zero attached hydrogens (tertiary/aromatic N) is 5. The minimum Gasteiger partial charge on any atom is -0.355 e. The van der Waals surface area contributed by atoms with Gasteiger partial charge in [-0.25, -0.2) is 9.97 Å². The van der Waals surface area contributed by atoms with Crippen molar-refractivity contribution in [3.05, 3.63) is 77.0 Å². The normalized spacial score (nSPS) is 19.6. The molecule has 0 saturated carbocycles. The Morgan fingerprint density at radius 3 is 2.72 bits per heavy atom. The van der Waals surface area contributed by atoms with Crippen LogP contribution in [0.15, 0.2) is 55.1 Å². The molecule has 1 atom stereocenters. The number of pyridine rings is 1. The number of aromatic nitrogens is 4. The predicted molar refractivity (Wildman–Crippen MR) is 127 cm³/mol. The van der Waals surface area contributed by atoms with E-state index < -0.39 is 0 Å². The van der Waals surface area contributed by atoms with Gasteiger partial charge < -0.3 is 10.6 Å². The lowest BCUT2D eigenvalue weighted by Crippen LogP contribution is -2.44. The summed E-state index contributed by atoms with van der Waals surface area (Å²) >= 11 is 6.60. The second-order valence-electron chi connectivity index (χ2n) is 9.07. The third-order valence-electron chi connectivity index (χ3n) is 7.37. The maximum Gasteiger partial charge on any atom is 0.154 e. The molecule has 1 aliphatic carbocycles. The van der Waals surface area contributed by atoms with E-state index in [0.29, 0.717) is 0 Å². The highest BCUT2D eigenvalue weighted by Crippen LogP contribution is 2.50.